The molecule has 3 atom stereocenters. The number of hydrogen-bond donors (Lipinski definition) is 0. The van der Waals surface area contributed by atoms with E-state index in [1.54, 1.807) is 6.20 Å². The summed E-state index contributed by atoms with van der Waals surface area (Å²) in [6.45, 7) is 19.7. The van der Waals surface area contributed by atoms with Crippen molar-refractivity contribution in [2.24, 2.45) is 34.6 Å². The minimum atomic E-state index is 0.477. The largest absolute Gasteiger partial charge is 0.266 e. The van der Waals surface area contributed by atoms with Gasteiger partial charge in [0.05, 0.1) is 0 Å². The number of rotatable bonds is 9. The van der Waals surface area contributed by atoms with Crippen LogP contribution in [0.5, 0.6) is 0 Å². The second-order valence-electron chi connectivity index (χ2n) is 6.91. The third-order valence-corrected chi connectivity index (χ3v) is 4.83. The molecule has 0 amide bonds. The Morgan fingerprint density at radius 1 is 1.30 bits per heavy atom. The van der Waals surface area contributed by atoms with Gasteiger partial charge < -0.3 is 0 Å². The first-order valence-electron chi connectivity index (χ1n) is 8.26. The van der Waals surface area contributed by atoms with Crippen LogP contribution < -0.4 is 0 Å². The predicted molar refractivity (Wildman–Crippen MR) is 91.1 cm³/mol. The molecule has 1 saturated carbocycles. The van der Waals surface area contributed by atoms with Crippen molar-refractivity contribution in [2.45, 2.75) is 60.3 Å². The summed E-state index contributed by atoms with van der Waals surface area (Å²) in [7, 11) is 0. The highest BCUT2D eigenvalue weighted by Gasteiger charge is 2.36. The Kier molecular flexibility index (Phi) is 6.71. The van der Waals surface area contributed by atoms with Crippen LogP contribution in [0.1, 0.15) is 60.3 Å². The van der Waals surface area contributed by atoms with Gasteiger partial charge in [-0.25, -0.2) is 0 Å². The lowest BCUT2D eigenvalue weighted by atomic mass is 9.71. The van der Waals surface area contributed by atoms with Crippen LogP contribution in [0.25, 0.3) is 0 Å². The molecule has 0 radical (unpaired) electrons. The first-order valence-corrected chi connectivity index (χ1v) is 8.26. The maximum Gasteiger partial charge on any atom is 0.0195 e. The topological polar surface area (TPSA) is 12.4 Å². The summed E-state index contributed by atoms with van der Waals surface area (Å²) >= 11 is 0. The summed E-state index contributed by atoms with van der Waals surface area (Å²) < 4.78 is 0. The molecule has 114 valence electrons. The molecular weight excluding hydrogens is 242 g/mol. The van der Waals surface area contributed by atoms with Crippen molar-refractivity contribution in [3.63, 3.8) is 0 Å². The Labute approximate surface area is 126 Å². The number of allylic oxidation sites excluding steroid dienone is 1. The van der Waals surface area contributed by atoms with Crippen molar-refractivity contribution in [1.82, 2.24) is 0 Å². The minimum absolute atomic E-state index is 0.477. The van der Waals surface area contributed by atoms with E-state index in [1.165, 1.54) is 37.0 Å². The van der Waals surface area contributed by atoms with E-state index in [-0.39, 0.29) is 0 Å². The van der Waals surface area contributed by atoms with Gasteiger partial charge in [-0.2, -0.15) is 0 Å². The maximum absolute atomic E-state index is 4.48. The van der Waals surface area contributed by atoms with Crippen LogP contribution in [-0.4, -0.2) is 5.71 Å². The molecule has 1 aliphatic rings. The molecule has 1 rings (SSSR count). The number of hydrogen-bond acceptors (Lipinski definition) is 1. The van der Waals surface area contributed by atoms with Gasteiger partial charge in [-0.05, 0) is 49.9 Å². The van der Waals surface area contributed by atoms with Gasteiger partial charge in [0, 0.05) is 17.8 Å². The van der Waals surface area contributed by atoms with E-state index in [0.717, 1.165) is 17.8 Å². The SMILES string of the molecule is C=C/N=C(\C)[C@@H](C)C(C(=C)C1CC1)C(CC)CC(C)C. The van der Waals surface area contributed by atoms with Gasteiger partial charge in [0.2, 0.25) is 0 Å². The summed E-state index contributed by atoms with van der Waals surface area (Å²) in [5, 5.41) is 0. The smallest absolute Gasteiger partial charge is 0.0195 e. The summed E-state index contributed by atoms with van der Waals surface area (Å²) in [5.41, 5.74) is 2.69. The van der Waals surface area contributed by atoms with Crippen molar-refractivity contribution in [3.05, 3.63) is 24.9 Å². The van der Waals surface area contributed by atoms with E-state index in [1.807, 2.05) is 0 Å². The van der Waals surface area contributed by atoms with Crippen LogP contribution in [-0.2, 0) is 0 Å². The van der Waals surface area contributed by atoms with E-state index in [0.29, 0.717) is 11.8 Å². The molecule has 1 fully saturated rings. The molecule has 0 heterocycles. The van der Waals surface area contributed by atoms with E-state index >= 15 is 0 Å². The van der Waals surface area contributed by atoms with E-state index in [4.69, 9.17) is 0 Å². The van der Waals surface area contributed by atoms with Crippen LogP contribution in [0.3, 0.4) is 0 Å². The summed E-state index contributed by atoms with van der Waals surface area (Å²) in [6, 6.07) is 0. The lowest BCUT2D eigenvalue weighted by Crippen LogP contribution is -2.29. The highest BCUT2D eigenvalue weighted by molar-refractivity contribution is 5.85. The molecule has 0 bridgehead atoms. The van der Waals surface area contributed by atoms with Crippen molar-refractivity contribution in [1.29, 1.82) is 0 Å². The van der Waals surface area contributed by atoms with Crippen molar-refractivity contribution < 1.29 is 0 Å². The molecule has 1 nitrogen and oxygen atoms in total. The molecule has 0 spiro atoms. The van der Waals surface area contributed by atoms with Gasteiger partial charge in [0.1, 0.15) is 0 Å². The fourth-order valence-corrected chi connectivity index (χ4v) is 3.45. The second-order valence-corrected chi connectivity index (χ2v) is 6.91. The van der Waals surface area contributed by atoms with Gasteiger partial charge in [-0.15, -0.1) is 0 Å². The standard InChI is InChI=1S/C19H33N/c1-8-17(12-13(3)4)19(15(6)18-10-11-18)14(5)16(7)20-9-2/h9,13-14,17-19H,2,6,8,10-12H2,1,3-5,7H3/b20-16+/t14-,17?,19?/m1/s1. The average Bonchev–Trinajstić information content (AvgIpc) is 3.21. The maximum atomic E-state index is 4.48. The average molecular weight is 275 g/mol. The normalized spacial score (nSPS) is 20.6. The lowest BCUT2D eigenvalue weighted by Gasteiger charge is -2.34. The van der Waals surface area contributed by atoms with Crippen LogP contribution in [0.2, 0.25) is 0 Å². The van der Waals surface area contributed by atoms with Crippen LogP contribution in [0.4, 0.5) is 0 Å². The quantitative estimate of drug-likeness (QED) is 0.368. The molecule has 0 N–H and O–H groups in total. The molecular formula is C19H33N. The van der Waals surface area contributed by atoms with Crippen LogP contribution in [0, 0.1) is 29.6 Å². The van der Waals surface area contributed by atoms with E-state index in [9.17, 15) is 0 Å². The molecule has 0 aromatic rings. The van der Waals surface area contributed by atoms with Gasteiger partial charge in [0.25, 0.3) is 0 Å². The fraction of sp³-hybridized carbons (Fsp3) is 0.737. The molecule has 1 heteroatoms. The van der Waals surface area contributed by atoms with Gasteiger partial charge >= 0.3 is 0 Å². The Balaban J connectivity index is 2.96. The lowest BCUT2D eigenvalue weighted by molar-refractivity contribution is 0.265. The Hall–Kier alpha value is -0.850. The predicted octanol–water partition coefficient (Wildman–Crippen LogP) is 5.88. The van der Waals surface area contributed by atoms with Gasteiger partial charge in [0.15, 0.2) is 0 Å². The zero-order valence-electron chi connectivity index (χ0n) is 14.2. The Morgan fingerprint density at radius 3 is 2.30 bits per heavy atom. The highest BCUT2D eigenvalue weighted by atomic mass is 14.7. The Bertz CT molecular complexity index is 360. The first-order chi connectivity index (χ1) is 9.42. The molecule has 20 heavy (non-hydrogen) atoms. The third-order valence-electron chi connectivity index (χ3n) is 4.83. The molecule has 1 aliphatic carbocycles. The fourth-order valence-electron chi connectivity index (χ4n) is 3.45. The molecule has 0 aromatic heterocycles. The van der Waals surface area contributed by atoms with Crippen molar-refractivity contribution in [3.8, 4) is 0 Å². The summed E-state index contributed by atoms with van der Waals surface area (Å²) in [4.78, 5) is 4.44. The van der Waals surface area contributed by atoms with Crippen molar-refractivity contribution in [2.75, 3.05) is 0 Å². The van der Waals surface area contributed by atoms with Crippen molar-refractivity contribution >= 4 is 5.71 Å². The molecule has 0 aromatic carbocycles. The number of aliphatic imine (C=N–C) groups is 1. The molecule has 0 aliphatic heterocycles. The summed E-state index contributed by atoms with van der Waals surface area (Å²) in [6.07, 6.45) is 6.89. The number of nitrogens with zero attached hydrogens (tertiary/aromatic N) is 1. The van der Waals surface area contributed by atoms with Crippen LogP contribution in [0.15, 0.2) is 29.9 Å². The van der Waals surface area contributed by atoms with E-state index < -0.39 is 0 Å². The zero-order valence-corrected chi connectivity index (χ0v) is 14.2. The second kappa shape index (κ2) is 7.81. The van der Waals surface area contributed by atoms with E-state index in [2.05, 4.69) is 52.8 Å². The molecule has 2 unspecified atom stereocenters. The van der Waals surface area contributed by atoms with Gasteiger partial charge in [-0.1, -0.05) is 52.8 Å². The molecule has 0 saturated heterocycles. The Morgan fingerprint density at radius 2 is 1.90 bits per heavy atom. The monoisotopic (exact) mass is 275 g/mol. The van der Waals surface area contributed by atoms with Gasteiger partial charge in [-0.3, -0.25) is 4.99 Å². The van der Waals surface area contributed by atoms with Crippen LogP contribution >= 0.6 is 0 Å². The third kappa shape index (κ3) is 4.61. The highest BCUT2D eigenvalue weighted by Crippen LogP contribution is 2.46. The zero-order chi connectivity index (χ0) is 15.3. The summed E-state index contributed by atoms with van der Waals surface area (Å²) in [5.74, 6) is 3.31. The minimum Gasteiger partial charge on any atom is -0.266 e. The first kappa shape index (κ1) is 17.2.